The standard InChI is InChI=1S/C14H17N3O3/c1-17(2)13(18)8-7-12-15-14(16-20-12)10-5-4-6-11(9-10)19-3/h4-6,9H,7-8H2,1-3H3. The Hall–Kier alpha value is -2.37. The highest BCUT2D eigenvalue weighted by atomic mass is 16.5. The van der Waals surface area contributed by atoms with Crippen LogP contribution < -0.4 is 4.74 Å². The molecule has 0 aliphatic carbocycles. The molecule has 20 heavy (non-hydrogen) atoms. The zero-order valence-corrected chi connectivity index (χ0v) is 11.8. The van der Waals surface area contributed by atoms with Gasteiger partial charge in [-0.3, -0.25) is 4.79 Å². The van der Waals surface area contributed by atoms with E-state index in [0.717, 1.165) is 11.3 Å². The molecule has 0 atom stereocenters. The lowest BCUT2D eigenvalue weighted by Crippen LogP contribution is -2.21. The molecule has 2 aromatic rings. The first-order chi connectivity index (χ1) is 9.60. The number of rotatable bonds is 5. The topological polar surface area (TPSA) is 68.5 Å². The SMILES string of the molecule is COc1cccc(-c2noc(CCC(=O)N(C)C)n2)c1. The summed E-state index contributed by atoms with van der Waals surface area (Å²) in [5.74, 6) is 1.72. The summed E-state index contributed by atoms with van der Waals surface area (Å²) in [4.78, 5) is 17.3. The number of aryl methyl sites for hydroxylation is 1. The van der Waals surface area contributed by atoms with E-state index in [1.165, 1.54) is 0 Å². The van der Waals surface area contributed by atoms with Gasteiger partial charge in [-0.2, -0.15) is 4.98 Å². The summed E-state index contributed by atoms with van der Waals surface area (Å²) in [6.45, 7) is 0. The number of amides is 1. The molecule has 106 valence electrons. The number of ether oxygens (including phenoxy) is 1. The molecule has 6 nitrogen and oxygen atoms in total. The normalized spacial score (nSPS) is 10.3. The summed E-state index contributed by atoms with van der Waals surface area (Å²) in [6.07, 6.45) is 0.792. The Kier molecular flexibility index (Phi) is 4.34. The molecule has 0 saturated carbocycles. The van der Waals surface area contributed by atoms with E-state index in [4.69, 9.17) is 9.26 Å². The number of methoxy groups -OCH3 is 1. The summed E-state index contributed by atoms with van der Waals surface area (Å²) >= 11 is 0. The Labute approximate surface area is 117 Å². The molecule has 2 rings (SSSR count). The van der Waals surface area contributed by atoms with Gasteiger partial charge in [-0.05, 0) is 12.1 Å². The summed E-state index contributed by atoms with van der Waals surface area (Å²) in [7, 11) is 5.04. The van der Waals surface area contributed by atoms with Crippen LogP contribution >= 0.6 is 0 Å². The first-order valence-electron chi connectivity index (χ1n) is 6.27. The third-order valence-corrected chi connectivity index (χ3v) is 2.85. The predicted octanol–water partition coefficient (Wildman–Crippen LogP) is 1.77. The maximum atomic E-state index is 11.5. The highest BCUT2D eigenvalue weighted by Gasteiger charge is 2.11. The Morgan fingerprint density at radius 2 is 2.20 bits per heavy atom. The van der Waals surface area contributed by atoms with Crippen molar-refractivity contribution >= 4 is 5.91 Å². The summed E-state index contributed by atoms with van der Waals surface area (Å²) < 4.78 is 10.3. The van der Waals surface area contributed by atoms with Crippen molar-refractivity contribution in [3.8, 4) is 17.1 Å². The number of hydrogen-bond acceptors (Lipinski definition) is 5. The van der Waals surface area contributed by atoms with E-state index in [1.807, 2.05) is 24.3 Å². The Morgan fingerprint density at radius 3 is 2.90 bits per heavy atom. The molecule has 0 unspecified atom stereocenters. The van der Waals surface area contributed by atoms with Crippen molar-refractivity contribution in [3.05, 3.63) is 30.2 Å². The minimum atomic E-state index is 0.0335. The lowest BCUT2D eigenvalue weighted by Gasteiger charge is -2.07. The molecule has 0 aliphatic heterocycles. The van der Waals surface area contributed by atoms with Crippen LogP contribution in [0.1, 0.15) is 12.3 Å². The average Bonchev–Trinajstić information content (AvgIpc) is 2.93. The van der Waals surface area contributed by atoms with E-state index in [-0.39, 0.29) is 5.91 Å². The van der Waals surface area contributed by atoms with E-state index in [0.29, 0.717) is 24.6 Å². The van der Waals surface area contributed by atoms with Crippen LogP contribution in [0.2, 0.25) is 0 Å². The summed E-state index contributed by atoms with van der Waals surface area (Å²) in [6, 6.07) is 7.42. The highest BCUT2D eigenvalue weighted by molar-refractivity contribution is 5.75. The van der Waals surface area contributed by atoms with Crippen molar-refractivity contribution in [1.29, 1.82) is 0 Å². The second-order valence-corrected chi connectivity index (χ2v) is 4.53. The fourth-order valence-corrected chi connectivity index (χ4v) is 1.67. The lowest BCUT2D eigenvalue weighted by atomic mass is 10.2. The van der Waals surface area contributed by atoms with Crippen LogP contribution in [-0.2, 0) is 11.2 Å². The first kappa shape index (κ1) is 14.0. The van der Waals surface area contributed by atoms with Gasteiger partial charge in [0.1, 0.15) is 5.75 Å². The first-order valence-corrected chi connectivity index (χ1v) is 6.27. The van der Waals surface area contributed by atoms with E-state index in [9.17, 15) is 4.79 Å². The van der Waals surface area contributed by atoms with Gasteiger partial charge >= 0.3 is 0 Å². The number of nitrogens with zero attached hydrogens (tertiary/aromatic N) is 3. The molecule has 0 bridgehead atoms. The molecule has 0 aliphatic rings. The number of aromatic nitrogens is 2. The van der Waals surface area contributed by atoms with Gasteiger partial charge in [-0.15, -0.1) is 0 Å². The Morgan fingerprint density at radius 1 is 1.40 bits per heavy atom. The molecule has 1 aromatic carbocycles. The Bertz CT molecular complexity index is 593. The van der Waals surface area contributed by atoms with Crippen molar-refractivity contribution < 1.29 is 14.1 Å². The molecule has 6 heteroatoms. The molecule has 0 fully saturated rings. The molecule has 0 N–H and O–H groups in total. The van der Waals surface area contributed by atoms with Crippen molar-refractivity contribution in [1.82, 2.24) is 15.0 Å². The van der Waals surface area contributed by atoms with Crippen LogP contribution in [0.5, 0.6) is 5.75 Å². The summed E-state index contributed by atoms with van der Waals surface area (Å²) in [5.41, 5.74) is 0.818. The molecular weight excluding hydrogens is 258 g/mol. The average molecular weight is 275 g/mol. The monoisotopic (exact) mass is 275 g/mol. The van der Waals surface area contributed by atoms with Crippen LogP contribution in [0.15, 0.2) is 28.8 Å². The molecule has 1 amide bonds. The van der Waals surface area contributed by atoms with Gasteiger partial charge in [0.15, 0.2) is 0 Å². The quantitative estimate of drug-likeness (QED) is 0.831. The number of carbonyl (C=O) groups excluding carboxylic acids is 1. The van der Waals surface area contributed by atoms with E-state index in [2.05, 4.69) is 10.1 Å². The van der Waals surface area contributed by atoms with Crippen LogP contribution in [-0.4, -0.2) is 42.2 Å². The highest BCUT2D eigenvalue weighted by Crippen LogP contribution is 2.21. The molecular formula is C14H17N3O3. The number of benzene rings is 1. The fraction of sp³-hybridized carbons (Fsp3) is 0.357. The van der Waals surface area contributed by atoms with Gasteiger partial charge in [0.05, 0.1) is 7.11 Å². The zero-order valence-electron chi connectivity index (χ0n) is 11.8. The van der Waals surface area contributed by atoms with Gasteiger partial charge in [0.25, 0.3) is 0 Å². The van der Waals surface area contributed by atoms with Gasteiger partial charge < -0.3 is 14.2 Å². The third kappa shape index (κ3) is 3.34. The van der Waals surface area contributed by atoms with Gasteiger partial charge in [0.2, 0.25) is 17.6 Å². The second-order valence-electron chi connectivity index (χ2n) is 4.53. The lowest BCUT2D eigenvalue weighted by molar-refractivity contribution is -0.128. The molecule has 0 spiro atoms. The van der Waals surface area contributed by atoms with Crippen molar-refractivity contribution in [3.63, 3.8) is 0 Å². The van der Waals surface area contributed by atoms with Crippen LogP contribution in [0, 0.1) is 0 Å². The van der Waals surface area contributed by atoms with E-state index >= 15 is 0 Å². The maximum absolute atomic E-state index is 11.5. The van der Waals surface area contributed by atoms with Crippen LogP contribution in [0.3, 0.4) is 0 Å². The van der Waals surface area contributed by atoms with Gasteiger partial charge in [0, 0.05) is 32.5 Å². The largest absolute Gasteiger partial charge is 0.497 e. The maximum Gasteiger partial charge on any atom is 0.227 e. The van der Waals surface area contributed by atoms with Gasteiger partial charge in [-0.25, -0.2) is 0 Å². The predicted molar refractivity (Wildman–Crippen MR) is 73.3 cm³/mol. The number of carbonyl (C=O) groups is 1. The summed E-state index contributed by atoms with van der Waals surface area (Å²) in [5, 5.41) is 3.92. The van der Waals surface area contributed by atoms with Crippen molar-refractivity contribution in [2.75, 3.05) is 21.2 Å². The third-order valence-electron chi connectivity index (χ3n) is 2.85. The number of hydrogen-bond donors (Lipinski definition) is 0. The molecule has 1 aromatic heterocycles. The van der Waals surface area contributed by atoms with Crippen LogP contribution in [0.4, 0.5) is 0 Å². The van der Waals surface area contributed by atoms with Crippen LogP contribution in [0.25, 0.3) is 11.4 Å². The van der Waals surface area contributed by atoms with Gasteiger partial charge in [-0.1, -0.05) is 17.3 Å². The Balaban J connectivity index is 2.06. The minimum Gasteiger partial charge on any atom is -0.497 e. The molecule has 1 heterocycles. The smallest absolute Gasteiger partial charge is 0.227 e. The molecule has 0 saturated heterocycles. The zero-order chi connectivity index (χ0) is 14.5. The van der Waals surface area contributed by atoms with E-state index in [1.54, 1.807) is 26.1 Å². The fourth-order valence-electron chi connectivity index (χ4n) is 1.67. The van der Waals surface area contributed by atoms with Crippen molar-refractivity contribution in [2.24, 2.45) is 0 Å². The second kappa shape index (κ2) is 6.18. The van der Waals surface area contributed by atoms with Crippen molar-refractivity contribution in [2.45, 2.75) is 12.8 Å². The minimum absolute atomic E-state index is 0.0335. The molecule has 0 radical (unpaired) electrons. The van der Waals surface area contributed by atoms with E-state index < -0.39 is 0 Å².